The number of rotatable bonds is 16. The lowest BCUT2D eigenvalue weighted by Crippen LogP contribution is -2.44. The molecule has 4 aromatic heterocycles. The van der Waals surface area contributed by atoms with E-state index in [4.69, 9.17) is 0 Å². The van der Waals surface area contributed by atoms with Crippen LogP contribution in [0.25, 0.3) is 44.5 Å². The van der Waals surface area contributed by atoms with Gasteiger partial charge in [-0.3, -0.25) is 57.5 Å². The largest absolute Gasteiger partial charge is 0.307 e. The average molecular weight is 1790 g/mol. The molecule has 20 nitrogen and oxygen atoms in total. The van der Waals surface area contributed by atoms with E-state index in [0.29, 0.717) is 53.0 Å². The molecule has 12 aliphatic rings. The quantitative estimate of drug-likeness (QED) is 0.0842. The number of carbonyl (C=O) groups excluding carboxylic acids is 4. The predicted octanol–water partition coefficient (Wildman–Crippen LogP) is 19.0. The van der Waals surface area contributed by atoms with Crippen LogP contribution in [0.15, 0.2) is 219 Å². The van der Waals surface area contributed by atoms with Crippen molar-refractivity contribution in [1.82, 2.24) is 58.7 Å². The maximum atomic E-state index is 15.2. The van der Waals surface area contributed by atoms with Crippen LogP contribution in [0.2, 0.25) is 0 Å². The topological polar surface area (TPSA) is 165 Å². The molecule has 0 N–H and O–H groups in total. The van der Waals surface area contributed by atoms with Gasteiger partial charge < -0.3 is 19.6 Å². The summed E-state index contributed by atoms with van der Waals surface area (Å²) in [6.45, 7) is 8.16. The number of fused-ring (bicyclic) bond motifs is 8. The predicted molar refractivity (Wildman–Crippen MR) is 510 cm³/mol. The van der Waals surface area contributed by atoms with Crippen LogP contribution in [0.3, 0.4) is 0 Å². The third-order valence-corrected chi connectivity index (χ3v) is 31.9. The number of hydrogen-bond acceptors (Lipinski definition) is 12. The molecule has 24 rings (SSSR count). The number of likely N-dealkylation sites (tertiary alicyclic amines) is 4. The Morgan fingerprint density at radius 3 is 0.835 bits per heavy atom. The number of nitrogens with zero attached hydrogens (tertiary/aromatic N) is 16. The molecule has 4 unspecified atom stereocenters. The number of para-hydroxylation sites is 4. The molecule has 4 saturated heterocycles. The van der Waals surface area contributed by atoms with E-state index in [2.05, 4.69) is 64.3 Å². The van der Waals surface area contributed by atoms with Gasteiger partial charge in [0.25, 0.3) is 0 Å². The van der Waals surface area contributed by atoms with Crippen LogP contribution in [-0.2, 0) is 95.2 Å². The molecule has 12 heterocycles. The molecular formula is C109H118F4N16O4. The Kier molecular flexibility index (Phi) is 23.8. The van der Waals surface area contributed by atoms with E-state index in [1.807, 2.05) is 170 Å². The van der Waals surface area contributed by atoms with Crippen molar-refractivity contribution in [2.75, 3.05) is 72.0 Å². The van der Waals surface area contributed by atoms with Crippen LogP contribution >= 0.6 is 0 Å². The summed E-state index contributed by atoms with van der Waals surface area (Å²) in [4.78, 5) is 73.3. The normalized spacial score (nSPS) is 23.2. The Labute approximate surface area is 776 Å². The lowest BCUT2D eigenvalue weighted by molar-refractivity contribution is -0.123. The summed E-state index contributed by atoms with van der Waals surface area (Å²) in [6, 6.07) is 56.1. The van der Waals surface area contributed by atoms with Crippen molar-refractivity contribution < 1.29 is 36.7 Å². The number of hydrogen-bond donors (Lipinski definition) is 0. The molecule has 0 bridgehead atoms. The van der Waals surface area contributed by atoms with Gasteiger partial charge in [0.2, 0.25) is 23.6 Å². The number of halogens is 4. The fourth-order valence-electron chi connectivity index (χ4n) is 24.9. The highest BCUT2D eigenvalue weighted by Gasteiger charge is 2.60. The van der Waals surface area contributed by atoms with Crippen molar-refractivity contribution in [3.63, 3.8) is 0 Å². The summed E-state index contributed by atoms with van der Waals surface area (Å²) >= 11 is 0. The first-order valence-electron chi connectivity index (χ1n) is 48.4. The summed E-state index contributed by atoms with van der Waals surface area (Å²) < 4.78 is 67.3. The minimum Gasteiger partial charge on any atom is -0.307 e. The number of aryl methyl sites for hydroxylation is 4. The summed E-state index contributed by atoms with van der Waals surface area (Å²) in [5, 5.41) is 16.7. The molecule has 4 saturated carbocycles. The molecule has 8 aromatic carbocycles. The van der Waals surface area contributed by atoms with Crippen LogP contribution in [0, 0.1) is 23.3 Å². The van der Waals surface area contributed by atoms with E-state index in [-0.39, 0.29) is 66.5 Å². The first kappa shape index (κ1) is 87.7. The molecule has 12 aromatic rings. The smallest absolute Gasteiger partial charge is 0.239 e. The summed E-state index contributed by atoms with van der Waals surface area (Å²) in [6.07, 6.45) is 39.3. The van der Waals surface area contributed by atoms with E-state index in [9.17, 15) is 23.6 Å². The minimum atomic E-state index is -0.500. The highest BCUT2D eigenvalue weighted by atomic mass is 19.1. The zero-order valence-corrected chi connectivity index (χ0v) is 76.7. The lowest BCUT2D eigenvalue weighted by Gasteiger charge is -2.32. The maximum absolute atomic E-state index is 15.2. The Bertz CT molecular complexity index is 6200. The van der Waals surface area contributed by atoms with Crippen molar-refractivity contribution in [3.05, 3.63) is 287 Å². The molecule has 0 radical (unpaired) electrons. The van der Waals surface area contributed by atoms with Gasteiger partial charge in [-0.1, -0.05) is 179 Å². The van der Waals surface area contributed by atoms with Crippen molar-refractivity contribution in [1.29, 1.82) is 0 Å². The molecule has 4 aliphatic carbocycles. The van der Waals surface area contributed by atoms with Gasteiger partial charge in [-0.05, 0) is 196 Å². The van der Waals surface area contributed by atoms with Crippen molar-refractivity contribution in [2.45, 2.75) is 207 Å². The lowest BCUT2D eigenvalue weighted by atomic mass is 9.81. The van der Waals surface area contributed by atoms with E-state index in [0.717, 1.165) is 168 Å². The van der Waals surface area contributed by atoms with Crippen molar-refractivity contribution >= 4 is 46.4 Å². The first-order chi connectivity index (χ1) is 64.7. The SMILES string of the molecule is Cn1cc(-c2ccc(CN3C(=O)C4(CCN(C5CCCC5)C4)c4ccccc43)c(F)c2)cn1.Cn1cc(-c2ccc(CN3C(=O)C4(CCN(C5CCCC5)C4)c4ccccc43)c(F)c2)cn1.Cn1cc(-c2ccc(CN3C(=O)C4(CCN(C5CCCC5)C4)c4ccccc43)cc2F)cn1.Cn1cc(-c2ccc(CN3C(=O)C4(CCN(C5CCCCC5)C4)c4ccccc43)c(F)c2)cn1. The third-order valence-electron chi connectivity index (χ3n) is 31.9. The van der Waals surface area contributed by atoms with E-state index < -0.39 is 21.7 Å². The molecule has 4 atom stereocenters. The molecule has 4 spiro atoms. The Hall–Kier alpha value is -12.0. The van der Waals surface area contributed by atoms with Crippen LogP contribution in [0.1, 0.15) is 179 Å². The Morgan fingerprint density at radius 2 is 0.564 bits per heavy atom. The summed E-state index contributed by atoms with van der Waals surface area (Å²) in [7, 11) is 7.35. The molecule has 4 amide bonds. The van der Waals surface area contributed by atoms with Gasteiger partial charge >= 0.3 is 0 Å². The monoisotopic (exact) mass is 1790 g/mol. The second kappa shape index (κ2) is 36.1. The standard InChI is InChI=1S/C28H31FN4O.3C27H29FN4O/c1-31-17-22(16-30-31)20-11-12-21(25(29)15-20)18-33-26-10-6-5-9-24(26)28(27(33)34)13-14-32(19-28)23-7-3-2-4-8-23;2*1-30-16-21(15-29-30)19-10-11-20(24(28)14-19)17-32-25-9-5-4-8-23(25)27(26(32)33)12-13-31(18-27)22-6-2-3-7-22;1-30-17-20(15-29-30)22-11-10-19(14-24(22)28)16-32-25-9-5-4-8-23(25)27(26(32)33)12-13-31(18-27)21-6-2-3-7-21/h5-6,9-12,15-17,23H,2-4,7-8,13-14,18-19H2,1H3;2*4-5,8-11,14-16,22H,2-3,6-7,12-13,17-18H2,1H3;4-5,8-11,14-15,17,21H,2-3,6-7,12-13,16,18H2,1H3. The van der Waals surface area contributed by atoms with E-state index in [1.165, 1.54) is 109 Å². The summed E-state index contributed by atoms with van der Waals surface area (Å²) in [5.41, 5.74) is 15.0. The summed E-state index contributed by atoms with van der Waals surface area (Å²) in [5.74, 6) is -0.613. The number of amides is 4. The molecular weight excluding hydrogens is 1670 g/mol. The van der Waals surface area contributed by atoms with Crippen LogP contribution in [0.4, 0.5) is 40.3 Å². The third kappa shape index (κ3) is 16.2. The second-order valence-corrected chi connectivity index (χ2v) is 39.8. The minimum absolute atomic E-state index is 0.125. The van der Waals surface area contributed by atoms with Crippen LogP contribution in [-0.4, -0.2) is 159 Å². The van der Waals surface area contributed by atoms with Crippen molar-refractivity contribution in [3.8, 4) is 44.5 Å². The Morgan fingerprint density at radius 1 is 0.293 bits per heavy atom. The Balaban J connectivity index is 0.000000107. The van der Waals surface area contributed by atoms with Gasteiger partial charge in [0.05, 0.1) is 72.6 Å². The zero-order valence-electron chi connectivity index (χ0n) is 76.7. The van der Waals surface area contributed by atoms with E-state index >= 15 is 13.2 Å². The zero-order chi connectivity index (χ0) is 91.0. The molecule has 686 valence electrons. The average Bonchev–Trinajstić information content (AvgIpc) is 1.58. The highest BCUT2D eigenvalue weighted by Crippen LogP contribution is 2.55. The van der Waals surface area contributed by atoms with Gasteiger partial charge in [0.1, 0.15) is 23.3 Å². The number of carbonyl (C=O) groups is 4. The number of anilines is 4. The fourth-order valence-corrected chi connectivity index (χ4v) is 24.9. The van der Waals surface area contributed by atoms with Gasteiger partial charge in [0, 0.05) is 171 Å². The van der Waals surface area contributed by atoms with Crippen LogP contribution < -0.4 is 19.6 Å². The van der Waals surface area contributed by atoms with Gasteiger partial charge in [-0.15, -0.1) is 0 Å². The second-order valence-electron chi connectivity index (χ2n) is 39.8. The molecule has 8 aliphatic heterocycles. The number of aromatic nitrogens is 8. The molecule has 133 heavy (non-hydrogen) atoms. The van der Waals surface area contributed by atoms with Gasteiger partial charge in [0.15, 0.2) is 0 Å². The highest BCUT2D eigenvalue weighted by molar-refractivity contribution is 6.11. The van der Waals surface area contributed by atoms with E-state index in [1.54, 1.807) is 92.2 Å². The van der Waals surface area contributed by atoms with Gasteiger partial charge in [-0.25, -0.2) is 17.6 Å². The number of benzene rings is 8. The molecule has 24 heteroatoms. The first-order valence-corrected chi connectivity index (χ1v) is 48.4. The molecule has 8 fully saturated rings. The maximum Gasteiger partial charge on any atom is 0.239 e. The van der Waals surface area contributed by atoms with Crippen molar-refractivity contribution in [2.24, 2.45) is 28.2 Å². The van der Waals surface area contributed by atoms with Crippen LogP contribution in [0.5, 0.6) is 0 Å². The van der Waals surface area contributed by atoms with Gasteiger partial charge in [-0.2, -0.15) is 20.4 Å². The fraction of sp³-hybridized carbons (Fsp3) is 0.413.